The molecule has 0 amide bonds. The van der Waals surface area contributed by atoms with Gasteiger partial charge in [-0.2, -0.15) is 5.10 Å². The number of ether oxygens (including phenoxy) is 1. The van der Waals surface area contributed by atoms with E-state index >= 15 is 4.39 Å². The molecule has 1 aromatic carbocycles. The Morgan fingerprint density at radius 3 is 2.67 bits per heavy atom. The Kier molecular flexibility index (Phi) is 5.99. The third kappa shape index (κ3) is 4.39. The predicted octanol–water partition coefficient (Wildman–Crippen LogP) is 5.96. The Bertz CT molecular complexity index is 1430. The highest BCUT2D eigenvalue weighted by molar-refractivity contribution is 5.87. The first-order valence-corrected chi connectivity index (χ1v) is 13.0. The first-order valence-electron chi connectivity index (χ1n) is 13.0. The topological polar surface area (TPSA) is 78.6 Å². The molecule has 4 heterocycles. The summed E-state index contributed by atoms with van der Waals surface area (Å²) in [5.41, 5.74) is 5.69. The van der Waals surface area contributed by atoms with Crippen LogP contribution in [0, 0.1) is 19.7 Å². The summed E-state index contributed by atoms with van der Waals surface area (Å²) in [4.78, 5) is 19.3. The zero-order valence-electron chi connectivity index (χ0n) is 21.0. The molecule has 8 heteroatoms. The molecule has 0 N–H and O–H groups in total. The zero-order valence-corrected chi connectivity index (χ0v) is 21.0. The van der Waals surface area contributed by atoms with Crippen molar-refractivity contribution >= 4 is 11.2 Å². The fraction of sp³-hybridized carbons (Fsp3) is 0.464. The molecule has 186 valence electrons. The summed E-state index contributed by atoms with van der Waals surface area (Å²) in [6.07, 6.45) is 9.71. The normalized spacial score (nSPS) is 20.2. The minimum Gasteiger partial charge on any atom is -0.373 e. The molecule has 0 unspecified atom stereocenters. The maximum absolute atomic E-state index is 15.4. The van der Waals surface area contributed by atoms with Crippen LogP contribution < -0.4 is 0 Å². The molecule has 7 nitrogen and oxygen atoms in total. The van der Waals surface area contributed by atoms with Gasteiger partial charge in [0, 0.05) is 29.8 Å². The minimum atomic E-state index is -0.288. The number of hydrogen-bond acceptors (Lipinski definition) is 6. The van der Waals surface area contributed by atoms with Crippen LogP contribution in [0.5, 0.6) is 0 Å². The van der Waals surface area contributed by atoms with Crippen LogP contribution >= 0.6 is 0 Å². The van der Waals surface area contributed by atoms with Gasteiger partial charge in [-0.1, -0.05) is 19.4 Å². The van der Waals surface area contributed by atoms with Crippen LogP contribution in [0.4, 0.5) is 4.39 Å². The summed E-state index contributed by atoms with van der Waals surface area (Å²) in [6.45, 7) is 6.53. The number of aromatic nitrogens is 6. The molecule has 1 saturated heterocycles. The van der Waals surface area contributed by atoms with Gasteiger partial charge < -0.3 is 4.74 Å². The Hall–Kier alpha value is -3.26. The predicted molar refractivity (Wildman–Crippen MR) is 135 cm³/mol. The van der Waals surface area contributed by atoms with Gasteiger partial charge in [-0.3, -0.25) is 4.68 Å². The van der Waals surface area contributed by atoms with Crippen molar-refractivity contribution in [2.75, 3.05) is 6.61 Å². The maximum atomic E-state index is 15.4. The van der Waals surface area contributed by atoms with Gasteiger partial charge in [0.15, 0.2) is 5.65 Å². The molecular weight excluding hydrogens is 455 g/mol. The number of halogens is 1. The van der Waals surface area contributed by atoms with Gasteiger partial charge in [0.2, 0.25) is 0 Å². The van der Waals surface area contributed by atoms with Gasteiger partial charge in [0.1, 0.15) is 22.9 Å². The van der Waals surface area contributed by atoms with E-state index in [0.29, 0.717) is 40.9 Å². The van der Waals surface area contributed by atoms with Gasteiger partial charge in [0.05, 0.1) is 29.7 Å². The van der Waals surface area contributed by atoms with Crippen LogP contribution in [0.15, 0.2) is 30.6 Å². The van der Waals surface area contributed by atoms with Gasteiger partial charge >= 0.3 is 0 Å². The highest BCUT2D eigenvalue weighted by Crippen LogP contribution is 2.40. The molecule has 0 spiro atoms. The monoisotopic (exact) mass is 486 g/mol. The Labute approximate surface area is 210 Å². The second kappa shape index (κ2) is 9.32. The van der Waals surface area contributed by atoms with E-state index < -0.39 is 0 Å². The van der Waals surface area contributed by atoms with Crippen molar-refractivity contribution in [1.82, 2.24) is 29.7 Å². The molecular formula is C28H31FN6O. The summed E-state index contributed by atoms with van der Waals surface area (Å²) in [7, 11) is 0. The van der Waals surface area contributed by atoms with Crippen molar-refractivity contribution in [2.45, 2.75) is 77.4 Å². The number of hydrogen-bond donors (Lipinski definition) is 0. The van der Waals surface area contributed by atoms with E-state index in [1.54, 1.807) is 6.07 Å². The lowest BCUT2D eigenvalue weighted by molar-refractivity contribution is 0.00396. The molecule has 4 aromatic rings. The van der Waals surface area contributed by atoms with Crippen LogP contribution in [0.2, 0.25) is 0 Å². The van der Waals surface area contributed by atoms with E-state index in [-0.39, 0.29) is 17.8 Å². The van der Waals surface area contributed by atoms with Gasteiger partial charge in [-0.25, -0.2) is 24.3 Å². The first-order chi connectivity index (χ1) is 17.5. The number of nitrogens with zero attached hydrogens (tertiary/aromatic N) is 6. The Balaban J connectivity index is 1.40. The van der Waals surface area contributed by atoms with Crippen molar-refractivity contribution < 1.29 is 9.13 Å². The minimum absolute atomic E-state index is 0.0603. The summed E-state index contributed by atoms with van der Waals surface area (Å²) in [6, 6.07) is 5.95. The summed E-state index contributed by atoms with van der Waals surface area (Å²) >= 11 is 0. The molecule has 1 aliphatic heterocycles. The zero-order chi connectivity index (χ0) is 24.8. The lowest BCUT2D eigenvalue weighted by Crippen LogP contribution is -2.20. The van der Waals surface area contributed by atoms with E-state index in [4.69, 9.17) is 24.7 Å². The standard InChI is InChI=1S/C28H31FN6O/c1-4-5-18-6-9-22(23(29)12-18)25-26-28(32-17(3)16(2)31-26)34-27(33-25)19-10-11-36-24(13-19)20-14-30-35(15-20)21-7-8-21/h6,9,12,14-15,19,21,24H,4-5,7-8,10-11,13H2,1-3H3/t19-,24+/m0/s1. The third-order valence-electron chi connectivity index (χ3n) is 7.35. The molecule has 2 fully saturated rings. The smallest absolute Gasteiger partial charge is 0.182 e. The number of aryl methyl sites for hydroxylation is 3. The van der Waals surface area contributed by atoms with Crippen molar-refractivity contribution in [3.8, 4) is 11.3 Å². The lowest BCUT2D eigenvalue weighted by atomic mass is 9.92. The fourth-order valence-electron chi connectivity index (χ4n) is 5.02. The highest BCUT2D eigenvalue weighted by atomic mass is 19.1. The average Bonchev–Trinajstić information content (AvgIpc) is 3.61. The van der Waals surface area contributed by atoms with Crippen LogP contribution in [-0.4, -0.2) is 36.3 Å². The van der Waals surface area contributed by atoms with E-state index in [1.165, 1.54) is 12.8 Å². The number of benzene rings is 1. The third-order valence-corrected chi connectivity index (χ3v) is 7.35. The van der Waals surface area contributed by atoms with Crippen LogP contribution in [0.3, 0.4) is 0 Å². The molecule has 1 aliphatic carbocycles. The largest absolute Gasteiger partial charge is 0.373 e. The molecule has 0 radical (unpaired) electrons. The molecule has 2 aliphatic rings. The van der Waals surface area contributed by atoms with Crippen molar-refractivity contribution in [2.24, 2.45) is 0 Å². The van der Waals surface area contributed by atoms with Crippen molar-refractivity contribution in [3.05, 3.63) is 64.7 Å². The fourth-order valence-corrected chi connectivity index (χ4v) is 5.02. The molecule has 2 atom stereocenters. The maximum Gasteiger partial charge on any atom is 0.182 e. The second-order valence-electron chi connectivity index (χ2n) is 10.1. The van der Waals surface area contributed by atoms with Gasteiger partial charge in [0.25, 0.3) is 0 Å². The van der Waals surface area contributed by atoms with E-state index in [2.05, 4.69) is 22.9 Å². The molecule has 0 bridgehead atoms. The summed E-state index contributed by atoms with van der Waals surface area (Å²) < 4.78 is 23.5. The van der Waals surface area contributed by atoms with Crippen LogP contribution in [-0.2, 0) is 11.2 Å². The molecule has 36 heavy (non-hydrogen) atoms. The van der Waals surface area contributed by atoms with Crippen molar-refractivity contribution in [3.63, 3.8) is 0 Å². The quantitative estimate of drug-likeness (QED) is 0.334. The summed E-state index contributed by atoms with van der Waals surface area (Å²) in [5, 5.41) is 4.54. The lowest BCUT2D eigenvalue weighted by Gasteiger charge is -2.28. The van der Waals surface area contributed by atoms with E-state index in [9.17, 15) is 0 Å². The first kappa shape index (κ1) is 23.2. The van der Waals surface area contributed by atoms with Gasteiger partial charge in [-0.15, -0.1) is 0 Å². The Morgan fingerprint density at radius 1 is 1.06 bits per heavy atom. The second-order valence-corrected chi connectivity index (χ2v) is 10.1. The van der Waals surface area contributed by atoms with Crippen molar-refractivity contribution in [1.29, 1.82) is 0 Å². The average molecular weight is 487 g/mol. The van der Waals surface area contributed by atoms with E-state index in [1.807, 2.05) is 32.2 Å². The molecule has 3 aromatic heterocycles. The van der Waals surface area contributed by atoms with Crippen LogP contribution in [0.25, 0.3) is 22.4 Å². The molecule has 1 saturated carbocycles. The van der Waals surface area contributed by atoms with Crippen LogP contribution in [0.1, 0.15) is 85.4 Å². The summed E-state index contributed by atoms with van der Waals surface area (Å²) in [5.74, 6) is 0.459. The Morgan fingerprint density at radius 2 is 1.89 bits per heavy atom. The number of rotatable bonds is 6. The SMILES string of the molecule is CCCc1ccc(-c2nc([C@H]3CCO[C@@H](c4cnn(C5CC5)c4)C3)nc3nc(C)c(C)nc23)c(F)c1. The molecule has 6 rings (SSSR count). The van der Waals surface area contributed by atoms with E-state index in [0.717, 1.165) is 48.2 Å². The highest BCUT2D eigenvalue weighted by Gasteiger charge is 2.31. The number of fused-ring (bicyclic) bond motifs is 1. The van der Waals surface area contributed by atoms with Gasteiger partial charge in [-0.05, 0) is 63.6 Å².